The van der Waals surface area contributed by atoms with Crippen molar-refractivity contribution in [1.29, 1.82) is 0 Å². The zero-order valence-corrected chi connectivity index (χ0v) is 10.2. The summed E-state index contributed by atoms with van der Waals surface area (Å²) in [6, 6.07) is 1.78. The molecule has 0 saturated carbocycles. The average molecular weight is 248 g/mol. The van der Waals surface area contributed by atoms with Crippen LogP contribution in [0.3, 0.4) is 0 Å². The third-order valence-electron chi connectivity index (χ3n) is 2.05. The summed E-state index contributed by atoms with van der Waals surface area (Å²) in [6.45, 7) is 2.13. The highest BCUT2D eigenvalue weighted by molar-refractivity contribution is 7.99. The molecule has 0 amide bonds. The Bertz CT molecular complexity index is 309. The lowest BCUT2D eigenvalue weighted by Crippen LogP contribution is -2.31. The van der Waals surface area contributed by atoms with E-state index in [2.05, 4.69) is 15.3 Å². The molecule has 0 fully saturated rings. The molecule has 0 aliphatic heterocycles. The molecule has 1 aromatic heterocycles. The first-order chi connectivity index (χ1) is 7.17. The van der Waals surface area contributed by atoms with Gasteiger partial charge in [0.1, 0.15) is 17.3 Å². The zero-order chi connectivity index (χ0) is 11.3. The predicted octanol–water partition coefficient (Wildman–Crippen LogP) is 1.65. The number of rotatable bonds is 5. The number of thioether (sulfide) groups is 1. The molecule has 84 valence electrons. The molecule has 0 saturated heterocycles. The summed E-state index contributed by atoms with van der Waals surface area (Å²) < 4.78 is 0. The van der Waals surface area contributed by atoms with Crippen molar-refractivity contribution in [3.05, 3.63) is 17.5 Å². The van der Waals surface area contributed by atoms with E-state index >= 15 is 0 Å². The van der Waals surface area contributed by atoms with Gasteiger partial charge in [-0.1, -0.05) is 11.6 Å². The van der Waals surface area contributed by atoms with Gasteiger partial charge in [-0.3, -0.25) is 0 Å². The van der Waals surface area contributed by atoms with Crippen LogP contribution in [0.25, 0.3) is 0 Å². The fraction of sp³-hybridized carbons (Fsp3) is 0.556. The van der Waals surface area contributed by atoms with Gasteiger partial charge in [0.2, 0.25) is 0 Å². The van der Waals surface area contributed by atoms with Crippen LogP contribution in [-0.4, -0.2) is 39.2 Å². The molecule has 1 heterocycles. The minimum absolute atomic E-state index is 0.121. The van der Waals surface area contributed by atoms with Crippen molar-refractivity contribution in [2.75, 3.05) is 18.2 Å². The van der Waals surface area contributed by atoms with Gasteiger partial charge < -0.3 is 10.4 Å². The first-order valence-electron chi connectivity index (χ1n) is 4.55. The number of anilines is 1. The van der Waals surface area contributed by atoms with Gasteiger partial charge in [-0.25, -0.2) is 9.97 Å². The molecule has 1 rings (SSSR count). The lowest BCUT2D eigenvalue weighted by atomic mass is 10.2. The van der Waals surface area contributed by atoms with E-state index in [9.17, 15) is 0 Å². The first kappa shape index (κ1) is 12.5. The molecule has 6 heteroatoms. The topological polar surface area (TPSA) is 58.0 Å². The summed E-state index contributed by atoms with van der Waals surface area (Å²) in [7, 11) is 0. The monoisotopic (exact) mass is 247 g/mol. The van der Waals surface area contributed by atoms with Crippen LogP contribution in [0.5, 0.6) is 0 Å². The summed E-state index contributed by atoms with van der Waals surface area (Å²) >= 11 is 7.34. The Morgan fingerprint density at radius 2 is 2.33 bits per heavy atom. The van der Waals surface area contributed by atoms with Gasteiger partial charge in [0.25, 0.3) is 0 Å². The van der Waals surface area contributed by atoms with Crippen molar-refractivity contribution in [1.82, 2.24) is 9.97 Å². The van der Waals surface area contributed by atoms with Crippen LogP contribution in [0.2, 0.25) is 5.15 Å². The lowest BCUT2D eigenvalue weighted by Gasteiger charge is -2.21. The van der Waals surface area contributed by atoms with Crippen molar-refractivity contribution in [2.24, 2.45) is 0 Å². The van der Waals surface area contributed by atoms with E-state index < -0.39 is 0 Å². The number of aliphatic hydroxyl groups excluding tert-OH is 1. The average Bonchev–Trinajstić information content (AvgIpc) is 2.19. The molecular formula is C9H14ClN3OS. The molecule has 4 nitrogen and oxygen atoms in total. The molecule has 0 aliphatic carbocycles. The summed E-state index contributed by atoms with van der Waals surface area (Å²) in [5.74, 6) is 0.676. The molecular weight excluding hydrogens is 234 g/mol. The van der Waals surface area contributed by atoms with E-state index in [4.69, 9.17) is 16.7 Å². The minimum atomic E-state index is 0.121. The standard InChI is InChI=1S/C9H14ClN3OS/c1-6(7(4-14)15-2)13-9-3-8(10)11-5-12-9/h3,5-7,14H,4H2,1-2H3,(H,11,12,13). The normalized spacial score (nSPS) is 14.7. The van der Waals surface area contributed by atoms with Crippen LogP contribution in [0.1, 0.15) is 6.92 Å². The summed E-state index contributed by atoms with van der Waals surface area (Å²) in [5, 5.41) is 12.8. The summed E-state index contributed by atoms with van der Waals surface area (Å²) in [5.41, 5.74) is 0. The molecule has 0 spiro atoms. The van der Waals surface area contributed by atoms with E-state index in [0.29, 0.717) is 11.0 Å². The number of hydrogen-bond acceptors (Lipinski definition) is 5. The van der Waals surface area contributed by atoms with Crippen LogP contribution in [0, 0.1) is 0 Å². The third-order valence-corrected chi connectivity index (χ3v) is 3.42. The van der Waals surface area contributed by atoms with E-state index in [-0.39, 0.29) is 17.9 Å². The van der Waals surface area contributed by atoms with Crippen LogP contribution in [0.4, 0.5) is 5.82 Å². The second kappa shape index (κ2) is 6.15. The van der Waals surface area contributed by atoms with Crippen LogP contribution >= 0.6 is 23.4 Å². The first-order valence-corrected chi connectivity index (χ1v) is 6.21. The van der Waals surface area contributed by atoms with Gasteiger partial charge in [0.05, 0.1) is 6.61 Å². The van der Waals surface area contributed by atoms with Gasteiger partial charge in [-0.2, -0.15) is 11.8 Å². The number of halogens is 1. The number of hydrogen-bond donors (Lipinski definition) is 2. The van der Waals surface area contributed by atoms with Crippen molar-refractivity contribution < 1.29 is 5.11 Å². The molecule has 0 bridgehead atoms. The molecule has 0 radical (unpaired) electrons. The van der Waals surface area contributed by atoms with E-state index in [1.807, 2.05) is 13.2 Å². The second-order valence-electron chi connectivity index (χ2n) is 3.12. The van der Waals surface area contributed by atoms with Crippen molar-refractivity contribution >= 4 is 29.2 Å². The number of nitrogens with one attached hydrogen (secondary N) is 1. The second-order valence-corrected chi connectivity index (χ2v) is 4.58. The smallest absolute Gasteiger partial charge is 0.134 e. The molecule has 2 N–H and O–H groups in total. The Morgan fingerprint density at radius 1 is 1.60 bits per heavy atom. The van der Waals surface area contributed by atoms with Gasteiger partial charge in [-0.15, -0.1) is 0 Å². The van der Waals surface area contributed by atoms with Crippen molar-refractivity contribution in [2.45, 2.75) is 18.2 Å². The maximum atomic E-state index is 9.11. The van der Waals surface area contributed by atoms with E-state index in [0.717, 1.165) is 0 Å². The van der Waals surface area contributed by atoms with Crippen molar-refractivity contribution in [3.8, 4) is 0 Å². The zero-order valence-electron chi connectivity index (χ0n) is 8.64. The quantitative estimate of drug-likeness (QED) is 0.775. The molecule has 0 aliphatic rings. The number of aromatic nitrogens is 2. The highest BCUT2D eigenvalue weighted by atomic mass is 35.5. The van der Waals surface area contributed by atoms with Gasteiger partial charge >= 0.3 is 0 Å². The molecule has 2 atom stereocenters. The molecule has 15 heavy (non-hydrogen) atoms. The van der Waals surface area contributed by atoms with Gasteiger partial charge in [-0.05, 0) is 13.2 Å². The number of aliphatic hydroxyl groups is 1. The predicted molar refractivity (Wildman–Crippen MR) is 64.5 cm³/mol. The Labute approximate surface area is 98.5 Å². The lowest BCUT2D eigenvalue weighted by molar-refractivity contribution is 0.288. The molecule has 1 aromatic rings. The molecule has 2 unspecified atom stereocenters. The Hall–Kier alpha value is -0.520. The maximum absolute atomic E-state index is 9.11. The molecule has 0 aromatic carbocycles. The fourth-order valence-corrected chi connectivity index (χ4v) is 1.95. The Balaban J connectivity index is 2.61. The summed E-state index contributed by atoms with van der Waals surface area (Å²) in [4.78, 5) is 7.82. The van der Waals surface area contributed by atoms with E-state index in [1.165, 1.54) is 6.33 Å². The Kier molecular flexibility index (Phi) is 5.14. The van der Waals surface area contributed by atoms with Crippen LogP contribution in [-0.2, 0) is 0 Å². The Morgan fingerprint density at radius 3 is 2.87 bits per heavy atom. The largest absolute Gasteiger partial charge is 0.395 e. The van der Waals surface area contributed by atoms with Gasteiger partial charge in [0, 0.05) is 17.4 Å². The van der Waals surface area contributed by atoms with Crippen LogP contribution < -0.4 is 5.32 Å². The highest BCUT2D eigenvalue weighted by Crippen LogP contribution is 2.15. The number of nitrogens with zero attached hydrogens (tertiary/aromatic N) is 2. The highest BCUT2D eigenvalue weighted by Gasteiger charge is 2.15. The van der Waals surface area contributed by atoms with E-state index in [1.54, 1.807) is 17.8 Å². The minimum Gasteiger partial charge on any atom is -0.395 e. The summed E-state index contributed by atoms with van der Waals surface area (Å²) in [6.07, 6.45) is 3.37. The fourth-order valence-electron chi connectivity index (χ4n) is 1.18. The SMILES string of the molecule is CSC(CO)C(C)Nc1cc(Cl)ncn1. The van der Waals surface area contributed by atoms with Crippen LogP contribution in [0.15, 0.2) is 12.4 Å². The van der Waals surface area contributed by atoms with Gasteiger partial charge in [0.15, 0.2) is 0 Å². The van der Waals surface area contributed by atoms with Crippen molar-refractivity contribution in [3.63, 3.8) is 0 Å². The third kappa shape index (κ3) is 3.85. The maximum Gasteiger partial charge on any atom is 0.134 e.